The topological polar surface area (TPSA) is 102 Å². The van der Waals surface area contributed by atoms with Gasteiger partial charge in [0.2, 0.25) is 0 Å². The van der Waals surface area contributed by atoms with Gasteiger partial charge in [-0.2, -0.15) is 0 Å². The van der Waals surface area contributed by atoms with Gasteiger partial charge in [-0.15, -0.1) is 0 Å². The molecule has 3 N–H and O–H groups in total. The number of nitrogens with zero attached hydrogens (tertiary/aromatic N) is 3. The third-order valence-electron chi connectivity index (χ3n) is 5.35. The molecule has 0 unspecified atom stereocenters. The predicted molar refractivity (Wildman–Crippen MR) is 88.5 cm³/mol. The fourth-order valence-corrected chi connectivity index (χ4v) is 3.94. The molecule has 3 rings (SSSR count). The van der Waals surface area contributed by atoms with Crippen LogP contribution in [0.15, 0.2) is 6.07 Å². The number of nitrogens with two attached hydrogens (primary N) is 1. The number of piperidine rings is 1. The Balaban J connectivity index is 1.65. The number of likely N-dealkylation sites (tertiary alicyclic amines) is 1. The average Bonchev–Trinajstić information content (AvgIpc) is 2.57. The van der Waals surface area contributed by atoms with Gasteiger partial charge >= 0.3 is 0 Å². The number of aliphatic hydroxyl groups is 1. The van der Waals surface area contributed by atoms with E-state index in [-0.39, 0.29) is 23.5 Å². The largest absolute Gasteiger partial charge is 0.392 e. The monoisotopic (exact) mass is 334 g/mol. The summed E-state index contributed by atoms with van der Waals surface area (Å²) in [6.07, 6.45) is 1.87. The number of carbonyl (C=O) groups excluding carboxylic acids is 1. The number of hydrogen-bond donors (Lipinski definition) is 2. The zero-order valence-corrected chi connectivity index (χ0v) is 14.4. The van der Waals surface area contributed by atoms with E-state index in [2.05, 4.69) is 9.97 Å². The van der Waals surface area contributed by atoms with Crippen LogP contribution >= 0.6 is 0 Å². The maximum absolute atomic E-state index is 12.7. The van der Waals surface area contributed by atoms with E-state index in [1.165, 1.54) is 0 Å². The van der Waals surface area contributed by atoms with Gasteiger partial charge in [0.1, 0.15) is 11.5 Å². The molecule has 0 bridgehead atoms. The fourth-order valence-electron chi connectivity index (χ4n) is 3.94. The van der Waals surface area contributed by atoms with E-state index >= 15 is 0 Å². The van der Waals surface area contributed by atoms with E-state index in [1.54, 1.807) is 13.0 Å². The quantitative estimate of drug-likeness (QED) is 0.828. The van der Waals surface area contributed by atoms with Crippen LogP contribution in [0.2, 0.25) is 0 Å². The highest BCUT2D eigenvalue weighted by Gasteiger charge is 2.56. The Morgan fingerprint density at radius 1 is 1.42 bits per heavy atom. The summed E-state index contributed by atoms with van der Waals surface area (Å²) in [6, 6.07) is 1.73. The van der Waals surface area contributed by atoms with Crippen molar-refractivity contribution >= 4 is 5.91 Å². The second-order valence-electron chi connectivity index (χ2n) is 6.87. The number of aromatic nitrogens is 2. The summed E-state index contributed by atoms with van der Waals surface area (Å²) in [5, 5.41) is 10.3. The molecule has 1 amide bonds. The zero-order chi connectivity index (χ0) is 17.3. The van der Waals surface area contributed by atoms with Crippen LogP contribution in [0.25, 0.3) is 0 Å². The second-order valence-corrected chi connectivity index (χ2v) is 6.87. The summed E-state index contributed by atoms with van der Waals surface area (Å²) in [7, 11) is 0. The lowest BCUT2D eigenvalue weighted by molar-refractivity contribution is -0.208. The average molecular weight is 334 g/mol. The third kappa shape index (κ3) is 3.03. The predicted octanol–water partition coefficient (Wildman–Crippen LogP) is 0.424. The number of rotatable bonds is 4. The first-order valence-corrected chi connectivity index (χ1v) is 8.57. The van der Waals surface area contributed by atoms with Crippen molar-refractivity contribution in [3.8, 4) is 0 Å². The normalized spacial score (nSPS) is 25.6. The van der Waals surface area contributed by atoms with Gasteiger partial charge in [-0.1, -0.05) is 0 Å². The molecule has 1 saturated heterocycles. The zero-order valence-electron chi connectivity index (χ0n) is 14.4. The van der Waals surface area contributed by atoms with E-state index < -0.39 is 0 Å². The van der Waals surface area contributed by atoms with Crippen LogP contribution in [0.1, 0.15) is 41.3 Å². The molecule has 2 fully saturated rings. The highest BCUT2D eigenvalue weighted by atomic mass is 16.5. The molecule has 1 aromatic heterocycles. The lowest BCUT2D eigenvalue weighted by Gasteiger charge is -2.56. The second kappa shape index (κ2) is 6.74. The molecule has 1 aliphatic heterocycles. The first-order valence-electron chi connectivity index (χ1n) is 8.57. The van der Waals surface area contributed by atoms with Crippen LogP contribution in [0, 0.1) is 19.3 Å². The van der Waals surface area contributed by atoms with Crippen LogP contribution in [0.3, 0.4) is 0 Å². The molecule has 132 valence electrons. The van der Waals surface area contributed by atoms with Crippen LogP contribution in [-0.2, 0) is 4.74 Å². The lowest BCUT2D eigenvalue weighted by atomic mass is 9.58. The van der Waals surface area contributed by atoms with E-state index in [9.17, 15) is 9.90 Å². The maximum Gasteiger partial charge on any atom is 0.272 e. The number of ether oxygens (including phenoxy) is 1. The molecule has 0 aromatic carbocycles. The van der Waals surface area contributed by atoms with E-state index in [1.807, 2.05) is 11.8 Å². The molecular formula is C17H26N4O3. The third-order valence-corrected chi connectivity index (χ3v) is 5.35. The Labute approximate surface area is 142 Å². The van der Waals surface area contributed by atoms with Crippen LogP contribution < -0.4 is 5.73 Å². The van der Waals surface area contributed by atoms with Gasteiger partial charge in [0.15, 0.2) is 0 Å². The molecule has 2 atom stereocenters. The van der Waals surface area contributed by atoms with Crippen molar-refractivity contribution in [2.45, 2.75) is 45.3 Å². The van der Waals surface area contributed by atoms with Gasteiger partial charge in [0.25, 0.3) is 5.91 Å². The lowest BCUT2D eigenvalue weighted by Crippen LogP contribution is -2.63. The summed E-state index contributed by atoms with van der Waals surface area (Å²) < 4.78 is 5.79. The van der Waals surface area contributed by atoms with E-state index in [0.29, 0.717) is 44.2 Å². The molecule has 1 aromatic rings. The van der Waals surface area contributed by atoms with Crippen molar-refractivity contribution in [3.63, 3.8) is 0 Å². The Morgan fingerprint density at radius 2 is 2.12 bits per heavy atom. The minimum atomic E-state index is -0.346. The summed E-state index contributed by atoms with van der Waals surface area (Å²) in [6.45, 7) is 5.88. The molecular weight excluding hydrogens is 308 g/mol. The van der Waals surface area contributed by atoms with Crippen molar-refractivity contribution in [2.75, 3.05) is 26.2 Å². The van der Waals surface area contributed by atoms with Crippen molar-refractivity contribution in [1.29, 1.82) is 0 Å². The fraction of sp³-hybridized carbons (Fsp3) is 0.706. The highest BCUT2D eigenvalue weighted by Crippen LogP contribution is 2.51. The minimum absolute atomic E-state index is 0.0526. The van der Waals surface area contributed by atoms with Crippen molar-refractivity contribution in [2.24, 2.45) is 11.1 Å². The number of carbonyl (C=O) groups is 1. The number of aliphatic hydroxyl groups excluding tert-OH is 1. The first kappa shape index (κ1) is 17.3. The van der Waals surface area contributed by atoms with E-state index in [4.69, 9.17) is 10.5 Å². The summed E-state index contributed by atoms with van der Waals surface area (Å²) in [4.78, 5) is 23.0. The van der Waals surface area contributed by atoms with Gasteiger partial charge in [-0.05, 0) is 32.8 Å². The summed E-state index contributed by atoms with van der Waals surface area (Å²) >= 11 is 0. The van der Waals surface area contributed by atoms with Crippen molar-refractivity contribution in [3.05, 3.63) is 23.3 Å². The Kier molecular flexibility index (Phi) is 4.85. The van der Waals surface area contributed by atoms with Crippen LogP contribution in [0.5, 0.6) is 0 Å². The number of aryl methyl sites for hydroxylation is 2. The molecule has 1 saturated carbocycles. The van der Waals surface area contributed by atoms with Gasteiger partial charge in [0.05, 0.1) is 18.8 Å². The Hall–Kier alpha value is -1.57. The maximum atomic E-state index is 12.7. The Morgan fingerprint density at radius 3 is 2.71 bits per heavy atom. The molecule has 7 nitrogen and oxygen atoms in total. The van der Waals surface area contributed by atoms with Crippen LogP contribution in [0.4, 0.5) is 0 Å². The number of hydrogen-bond acceptors (Lipinski definition) is 6. The molecule has 2 heterocycles. The van der Waals surface area contributed by atoms with Crippen LogP contribution in [-0.4, -0.2) is 64.3 Å². The van der Waals surface area contributed by atoms with Gasteiger partial charge < -0.3 is 20.5 Å². The molecule has 1 spiro atoms. The van der Waals surface area contributed by atoms with Crippen molar-refractivity contribution < 1.29 is 14.6 Å². The minimum Gasteiger partial charge on any atom is -0.392 e. The van der Waals surface area contributed by atoms with Crippen molar-refractivity contribution in [1.82, 2.24) is 14.9 Å². The molecule has 24 heavy (non-hydrogen) atoms. The van der Waals surface area contributed by atoms with Gasteiger partial charge in [0, 0.05) is 37.2 Å². The molecule has 7 heteroatoms. The molecule has 2 aliphatic rings. The van der Waals surface area contributed by atoms with Gasteiger partial charge in [-0.25, -0.2) is 9.97 Å². The smallest absolute Gasteiger partial charge is 0.272 e. The summed E-state index contributed by atoms with van der Waals surface area (Å²) in [5.74, 6) is 0.545. The number of amides is 1. The first-order chi connectivity index (χ1) is 11.5. The standard InChI is InChI=1S/C17H26N4O3/c1-11-9-13(20-12(2)19-11)16(23)21-6-3-17(4-7-21)14(22)10-15(17)24-8-5-18/h9,14-15,22H,3-8,10,18H2,1-2H3/t14-,15+/m0/s1. The molecule has 1 aliphatic carbocycles. The molecule has 0 radical (unpaired) electrons. The summed E-state index contributed by atoms with van der Waals surface area (Å²) in [5.41, 5.74) is 6.53. The highest BCUT2D eigenvalue weighted by molar-refractivity contribution is 5.92. The van der Waals surface area contributed by atoms with E-state index in [0.717, 1.165) is 18.5 Å². The van der Waals surface area contributed by atoms with Gasteiger partial charge in [-0.3, -0.25) is 4.79 Å². The Bertz CT molecular complexity index is 594. The SMILES string of the molecule is Cc1cc(C(=O)N2CCC3(CC2)[C@@H](O)C[C@H]3OCCN)nc(C)n1.